The first-order valence-electron chi connectivity index (χ1n) is 8.56. The quantitative estimate of drug-likeness (QED) is 0.410. The summed E-state index contributed by atoms with van der Waals surface area (Å²) >= 11 is 0. The normalized spacial score (nSPS) is 11.5. The smallest absolute Gasteiger partial charge is 0.238 e. The molecule has 1 N–H and O–H groups in total. The summed E-state index contributed by atoms with van der Waals surface area (Å²) in [5, 5.41) is 5.38. The molecule has 4 rings (SSSR count). The number of fused-ring (bicyclic) bond motifs is 2. The first kappa shape index (κ1) is 17.9. The van der Waals surface area contributed by atoms with Crippen molar-refractivity contribution in [2.45, 2.75) is 0 Å². The van der Waals surface area contributed by atoms with E-state index in [1.165, 1.54) is 0 Å². The fourth-order valence-electron chi connectivity index (χ4n) is 3.14. The molecule has 0 aliphatic heterocycles. The van der Waals surface area contributed by atoms with E-state index in [1.807, 2.05) is 48.5 Å². The van der Waals surface area contributed by atoms with Crippen LogP contribution in [0.2, 0.25) is 0 Å². The standard InChI is InChI=1S/C21H17N3O3S/c1-28(26,27)24(14-25)16-12-10-15(11-13-16)22-21-17-6-2-4-8-19(17)23-20-9-5-3-7-18(20)21/h2-14H,1H3,(H,22,23). The number of rotatable bonds is 5. The van der Waals surface area contributed by atoms with E-state index in [2.05, 4.69) is 5.32 Å². The molecule has 0 saturated heterocycles. The first-order valence-corrected chi connectivity index (χ1v) is 10.4. The highest BCUT2D eigenvalue weighted by atomic mass is 32.2. The summed E-state index contributed by atoms with van der Waals surface area (Å²) in [7, 11) is -3.66. The van der Waals surface area contributed by atoms with Crippen LogP contribution >= 0.6 is 0 Å². The number of nitrogens with one attached hydrogen (secondary N) is 1. The summed E-state index contributed by atoms with van der Waals surface area (Å²) in [5.41, 5.74) is 3.73. The molecule has 6 nitrogen and oxygen atoms in total. The number of anilines is 3. The van der Waals surface area contributed by atoms with Gasteiger partial charge in [0.25, 0.3) is 0 Å². The van der Waals surface area contributed by atoms with E-state index in [4.69, 9.17) is 4.98 Å². The number of pyridine rings is 1. The Hall–Kier alpha value is -3.45. The van der Waals surface area contributed by atoms with Gasteiger partial charge in [0.2, 0.25) is 16.4 Å². The zero-order valence-electron chi connectivity index (χ0n) is 15.0. The van der Waals surface area contributed by atoms with Crippen LogP contribution in [0.25, 0.3) is 21.8 Å². The van der Waals surface area contributed by atoms with E-state index in [0.29, 0.717) is 10.7 Å². The average Bonchev–Trinajstić information content (AvgIpc) is 2.68. The molecule has 0 aliphatic rings. The third-order valence-electron chi connectivity index (χ3n) is 4.43. The van der Waals surface area contributed by atoms with Crippen molar-refractivity contribution in [3.8, 4) is 0 Å². The second-order valence-corrected chi connectivity index (χ2v) is 8.22. The largest absolute Gasteiger partial charge is 0.354 e. The molecule has 0 atom stereocenters. The maximum atomic E-state index is 11.7. The highest BCUT2D eigenvalue weighted by molar-refractivity contribution is 7.92. The second kappa shape index (κ2) is 6.94. The number of sulfonamides is 1. The van der Waals surface area contributed by atoms with Crippen LogP contribution in [0.15, 0.2) is 72.8 Å². The van der Waals surface area contributed by atoms with Crippen molar-refractivity contribution in [3.05, 3.63) is 72.8 Å². The van der Waals surface area contributed by atoms with Gasteiger partial charge in [0.1, 0.15) is 0 Å². The predicted octanol–water partition coefficient (Wildman–Crippen LogP) is 4.05. The Morgan fingerprint density at radius 1 is 0.857 bits per heavy atom. The van der Waals surface area contributed by atoms with Crippen LogP contribution in [0.5, 0.6) is 0 Å². The van der Waals surface area contributed by atoms with Gasteiger partial charge < -0.3 is 5.32 Å². The summed E-state index contributed by atoms with van der Waals surface area (Å²) in [6.07, 6.45) is 1.28. The molecular weight excluding hydrogens is 374 g/mol. The number of hydrogen-bond acceptors (Lipinski definition) is 5. The Bertz CT molecular complexity index is 1230. The SMILES string of the molecule is CS(=O)(=O)N(C=O)c1ccc(Nc2c3ccccc3nc3ccccc23)cc1. The van der Waals surface area contributed by atoms with Gasteiger partial charge in [-0.3, -0.25) is 4.79 Å². The fourth-order valence-corrected chi connectivity index (χ4v) is 3.80. The first-order chi connectivity index (χ1) is 13.5. The molecule has 140 valence electrons. The van der Waals surface area contributed by atoms with Crippen molar-refractivity contribution in [2.75, 3.05) is 15.9 Å². The number of para-hydroxylation sites is 2. The third kappa shape index (κ3) is 3.27. The Labute approximate surface area is 162 Å². The molecule has 0 saturated carbocycles. The zero-order valence-corrected chi connectivity index (χ0v) is 15.8. The molecule has 0 radical (unpaired) electrons. The minimum Gasteiger partial charge on any atom is -0.354 e. The van der Waals surface area contributed by atoms with Gasteiger partial charge in [-0.05, 0) is 36.4 Å². The van der Waals surface area contributed by atoms with Gasteiger partial charge in [-0.1, -0.05) is 36.4 Å². The summed E-state index contributed by atoms with van der Waals surface area (Å²) < 4.78 is 24.1. The molecule has 0 unspecified atom stereocenters. The Morgan fingerprint density at radius 3 is 1.89 bits per heavy atom. The minimum absolute atomic E-state index is 0.285. The Morgan fingerprint density at radius 2 is 1.39 bits per heavy atom. The molecule has 0 fully saturated rings. The molecular formula is C21H17N3O3S. The van der Waals surface area contributed by atoms with Crippen LogP contribution in [0.4, 0.5) is 17.1 Å². The van der Waals surface area contributed by atoms with Crippen LogP contribution < -0.4 is 9.62 Å². The van der Waals surface area contributed by atoms with Gasteiger partial charge in [0.15, 0.2) is 0 Å². The highest BCUT2D eigenvalue weighted by Gasteiger charge is 2.16. The van der Waals surface area contributed by atoms with Gasteiger partial charge in [0.05, 0.1) is 28.7 Å². The number of nitrogens with zero attached hydrogens (tertiary/aromatic N) is 2. The zero-order chi connectivity index (χ0) is 19.7. The van der Waals surface area contributed by atoms with Crippen LogP contribution in [0, 0.1) is 0 Å². The predicted molar refractivity (Wildman–Crippen MR) is 112 cm³/mol. The van der Waals surface area contributed by atoms with Crippen LogP contribution in [0.3, 0.4) is 0 Å². The summed E-state index contributed by atoms with van der Waals surface area (Å²) in [4.78, 5) is 15.8. The van der Waals surface area contributed by atoms with E-state index < -0.39 is 10.0 Å². The molecule has 7 heteroatoms. The lowest BCUT2D eigenvalue weighted by atomic mass is 10.1. The second-order valence-electron chi connectivity index (χ2n) is 6.36. The van der Waals surface area contributed by atoms with Crippen molar-refractivity contribution in [1.29, 1.82) is 0 Å². The number of amides is 1. The number of benzene rings is 3. The van der Waals surface area contributed by atoms with E-state index >= 15 is 0 Å². The Kier molecular flexibility index (Phi) is 4.44. The Balaban J connectivity index is 1.78. The molecule has 0 bridgehead atoms. The molecule has 28 heavy (non-hydrogen) atoms. The van der Waals surface area contributed by atoms with Crippen LogP contribution in [0.1, 0.15) is 0 Å². The van der Waals surface area contributed by atoms with Gasteiger partial charge >= 0.3 is 0 Å². The van der Waals surface area contributed by atoms with Gasteiger partial charge in [-0.15, -0.1) is 0 Å². The van der Waals surface area contributed by atoms with E-state index in [0.717, 1.165) is 39.4 Å². The molecule has 1 heterocycles. The van der Waals surface area contributed by atoms with Crippen molar-refractivity contribution in [2.24, 2.45) is 0 Å². The van der Waals surface area contributed by atoms with Gasteiger partial charge in [-0.25, -0.2) is 17.7 Å². The lowest BCUT2D eigenvalue weighted by molar-refractivity contribution is -0.106. The number of carbonyl (C=O) groups excluding carboxylic acids is 1. The summed E-state index contributed by atoms with van der Waals surface area (Å²) in [5.74, 6) is 0. The maximum Gasteiger partial charge on any atom is 0.238 e. The highest BCUT2D eigenvalue weighted by Crippen LogP contribution is 2.33. The summed E-state index contributed by atoms with van der Waals surface area (Å²) in [6, 6.07) is 22.4. The van der Waals surface area contributed by atoms with E-state index in [9.17, 15) is 13.2 Å². The lowest BCUT2D eigenvalue weighted by Crippen LogP contribution is -2.27. The molecule has 0 spiro atoms. The van der Waals surface area contributed by atoms with Crippen LogP contribution in [-0.2, 0) is 14.8 Å². The van der Waals surface area contributed by atoms with Crippen LogP contribution in [-0.4, -0.2) is 26.1 Å². The van der Waals surface area contributed by atoms with Gasteiger partial charge in [-0.2, -0.15) is 0 Å². The number of hydrogen-bond donors (Lipinski definition) is 1. The van der Waals surface area contributed by atoms with Crippen molar-refractivity contribution < 1.29 is 13.2 Å². The molecule has 1 aromatic heterocycles. The lowest BCUT2D eigenvalue weighted by Gasteiger charge is -2.16. The van der Waals surface area contributed by atoms with Crippen molar-refractivity contribution in [1.82, 2.24) is 4.98 Å². The van der Waals surface area contributed by atoms with E-state index in [-0.39, 0.29) is 5.69 Å². The van der Waals surface area contributed by atoms with E-state index in [1.54, 1.807) is 24.3 Å². The molecule has 1 amide bonds. The van der Waals surface area contributed by atoms with Gasteiger partial charge in [0, 0.05) is 16.5 Å². The molecule has 3 aromatic carbocycles. The minimum atomic E-state index is -3.66. The molecule has 4 aromatic rings. The van der Waals surface area contributed by atoms with Crippen molar-refractivity contribution >= 4 is 55.3 Å². The number of aromatic nitrogens is 1. The average molecular weight is 391 g/mol. The topological polar surface area (TPSA) is 79.4 Å². The third-order valence-corrected chi connectivity index (χ3v) is 5.44. The van der Waals surface area contributed by atoms with Crippen molar-refractivity contribution in [3.63, 3.8) is 0 Å². The molecule has 0 aliphatic carbocycles. The number of carbonyl (C=O) groups is 1. The maximum absolute atomic E-state index is 11.7. The summed E-state index contributed by atoms with van der Waals surface area (Å²) in [6.45, 7) is 0. The monoisotopic (exact) mass is 391 g/mol. The fraction of sp³-hybridized carbons (Fsp3) is 0.0476.